The Hall–Kier alpha value is -3.04. The molecule has 1 saturated carbocycles. The van der Waals surface area contributed by atoms with Crippen molar-refractivity contribution in [1.82, 2.24) is 10.4 Å². The third kappa shape index (κ3) is 4.89. The molecule has 4 atom stereocenters. The average Bonchev–Trinajstić information content (AvgIpc) is 3.34. The van der Waals surface area contributed by atoms with Crippen molar-refractivity contribution in [2.45, 2.75) is 52.4 Å². The number of methoxy groups -OCH3 is 2. The summed E-state index contributed by atoms with van der Waals surface area (Å²) in [6.45, 7) is 10.6. The van der Waals surface area contributed by atoms with E-state index in [-0.39, 0.29) is 5.92 Å². The Kier molecular flexibility index (Phi) is 7.92. The molecule has 1 spiro atoms. The third-order valence-electron chi connectivity index (χ3n) is 5.70. The fourth-order valence-corrected chi connectivity index (χ4v) is 4.35. The number of rotatable bonds is 7. The van der Waals surface area contributed by atoms with Gasteiger partial charge in [-0.2, -0.15) is 0 Å². The van der Waals surface area contributed by atoms with Crippen molar-refractivity contribution < 1.29 is 38.1 Å². The summed E-state index contributed by atoms with van der Waals surface area (Å²) in [4.78, 5) is 50.2. The van der Waals surface area contributed by atoms with E-state index in [0.29, 0.717) is 6.42 Å². The molecule has 2 amide bonds. The zero-order valence-electron chi connectivity index (χ0n) is 19.3. The number of hydrazine groups is 1. The first-order valence-electron chi connectivity index (χ1n) is 10.5. The van der Waals surface area contributed by atoms with Gasteiger partial charge in [0, 0.05) is 11.3 Å². The van der Waals surface area contributed by atoms with Gasteiger partial charge < -0.3 is 18.9 Å². The lowest BCUT2D eigenvalue weighted by Crippen LogP contribution is -2.56. The number of carbonyl (C=O) groups is 4. The van der Waals surface area contributed by atoms with E-state index in [4.69, 9.17) is 18.9 Å². The van der Waals surface area contributed by atoms with Crippen LogP contribution in [-0.4, -0.2) is 61.6 Å². The molecule has 10 heteroatoms. The topological polar surface area (TPSA) is 120 Å². The molecule has 0 aromatic carbocycles. The smallest absolute Gasteiger partial charge is 0.429 e. The maximum atomic E-state index is 12.9. The molecule has 0 aromatic rings. The van der Waals surface area contributed by atoms with Crippen molar-refractivity contribution in [2.24, 2.45) is 23.2 Å². The van der Waals surface area contributed by atoms with Gasteiger partial charge in [-0.1, -0.05) is 18.2 Å². The van der Waals surface area contributed by atoms with Gasteiger partial charge in [0.15, 0.2) is 5.92 Å². The molecule has 0 bridgehead atoms. The summed E-state index contributed by atoms with van der Waals surface area (Å²) in [7, 11) is 2.38. The summed E-state index contributed by atoms with van der Waals surface area (Å²) in [5, 5.41) is 1.05. The summed E-state index contributed by atoms with van der Waals surface area (Å²) in [6, 6.07) is -0.724. The van der Waals surface area contributed by atoms with Crippen LogP contribution < -0.4 is 5.43 Å². The summed E-state index contributed by atoms with van der Waals surface area (Å²) in [5.74, 6) is -3.51. The molecule has 0 aromatic heterocycles. The Morgan fingerprint density at radius 1 is 1.03 bits per heavy atom. The number of ether oxygens (including phenoxy) is 4. The van der Waals surface area contributed by atoms with Gasteiger partial charge in [-0.15, -0.1) is 6.58 Å². The highest BCUT2D eigenvalue weighted by molar-refractivity contribution is 5.96. The van der Waals surface area contributed by atoms with Gasteiger partial charge in [0.05, 0.1) is 32.5 Å². The standard InChI is InChI=1S/C22H32N2O8/c1-8-14-11-22(14)15(17(18(25)29-6)19(26)30-7)9-10-16(22)24(21(28)32-13(4)5)23-20(27)31-12(2)3/h8-10,12-17H,1,11H2,2-7H3,(H,23,27)/t14?,15-,16-,22?/m1/s1. The minimum atomic E-state index is -1.23. The maximum absolute atomic E-state index is 12.9. The Balaban J connectivity index is 2.45. The van der Waals surface area contributed by atoms with Crippen LogP contribution in [0.1, 0.15) is 34.1 Å². The molecule has 0 heterocycles. The number of carbonyl (C=O) groups excluding carboxylic acids is 4. The van der Waals surface area contributed by atoms with Gasteiger partial charge in [0.25, 0.3) is 0 Å². The van der Waals surface area contributed by atoms with E-state index in [9.17, 15) is 19.2 Å². The van der Waals surface area contributed by atoms with Crippen LogP contribution in [-0.2, 0) is 28.5 Å². The van der Waals surface area contributed by atoms with Gasteiger partial charge in [-0.05, 0) is 40.0 Å². The molecule has 0 radical (unpaired) electrons. The van der Waals surface area contributed by atoms with E-state index < -0.39 is 59.6 Å². The predicted octanol–water partition coefficient (Wildman–Crippen LogP) is 2.59. The van der Waals surface area contributed by atoms with E-state index >= 15 is 0 Å². The van der Waals surface area contributed by atoms with Crippen molar-refractivity contribution in [2.75, 3.05) is 14.2 Å². The Morgan fingerprint density at radius 3 is 2.03 bits per heavy atom. The van der Waals surface area contributed by atoms with Crippen LogP contribution in [0, 0.1) is 23.2 Å². The Labute approximate surface area is 187 Å². The summed E-state index contributed by atoms with van der Waals surface area (Å²) >= 11 is 0. The molecule has 10 nitrogen and oxygen atoms in total. The number of nitrogens with one attached hydrogen (secondary N) is 1. The van der Waals surface area contributed by atoms with Crippen LogP contribution in [0.25, 0.3) is 0 Å². The SMILES string of the molecule is C=CC1CC12[C@@H](C(C(=O)OC)C(=O)OC)C=C[C@H]2N(NC(=O)OC(C)C)C(=O)OC(C)C. The molecular formula is C22H32N2O8. The second-order valence-corrected chi connectivity index (χ2v) is 8.41. The normalized spacial score (nSPS) is 25.6. The fourth-order valence-electron chi connectivity index (χ4n) is 4.35. The van der Waals surface area contributed by atoms with Crippen LogP contribution in [0.4, 0.5) is 9.59 Å². The van der Waals surface area contributed by atoms with Crippen molar-refractivity contribution in [1.29, 1.82) is 0 Å². The quantitative estimate of drug-likeness (QED) is 0.206. The number of allylic oxidation sites excluding steroid dienone is 2. The molecule has 2 aliphatic rings. The highest BCUT2D eigenvalue weighted by Gasteiger charge is 2.68. The molecule has 1 N–H and O–H groups in total. The van der Waals surface area contributed by atoms with Crippen molar-refractivity contribution >= 4 is 24.1 Å². The van der Waals surface area contributed by atoms with E-state index in [0.717, 1.165) is 5.01 Å². The predicted molar refractivity (Wildman–Crippen MR) is 113 cm³/mol. The molecule has 2 aliphatic carbocycles. The summed E-state index contributed by atoms with van der Waals surface area (Å²) < 4.78 is 20.2. The third-order valence-corrected chi connectivity index (χ3v) is 5.70. The molecule has 1 fully saturated rings. The van der Waals surface area contributed by atoms with Crippen LogP contribution in [0.15, 0.2) is 24.8 Å². The molecule has 0 aliphatic heterocycles. The van der Waals surface area contributed by atoms with Crippen LogP contribution >= 0.6 is 0 Å². The van der Waals surface area contributed by atoms with Crippen molar-refractivity contribution in [3.63, 3.8) is 0 Å². The van der Waals surface area contributed by atoms with Gasteiger partial charge in [0.2, 0.25) is 0 Å². The lowest BCUT2D eigenvalue weighted by molar-refractivity contribution is -0.162. The maximum Gasteiger partial charge on any atom is 0.429 e. The zero-order valence-corrected chi connectivity index (χ0v) is 19.3. The summed E-state index contributed by atoms with van der Waals surface area (Å²) in [6.07, 6.45) is 3.09. The van der Waals surface area contributed by atoms with Crippen LogP contribution in [0.5, 0.6) is 0 Å². The van der Waals surface area contributed by atoms with Crippen LogP contribution in [0.3, 0.4) is 0 Å². The second-order valence-electron chi connectivity index (χ2n) is 8.41. The minimum absolute atomic E-state index is 0.137. The Morgan fingerprint density at radius 2 is 1.59 bits per heavy atom. The number of hydrogen-bond acceptors (Lipinski definition) is 8. The molecular weight excluding hydrogens is 420 g/mol. The lowest BCUT2D eigenvalue weighted by Gasteiger charge is -2.36. The molecule has 2 rings (SSSR count). The minimum Gasteiger partial charge on any atom is -0.468 e. The second kappa shape index (κ2) is 10.1. The van der Waals surface area contributed by atoms with Crippen molar-refractivity contribution in [3.8, 4) is 0 Å². The van der Waals surface area contributed by atoms with E-state index in [1.54, 1.807) is 45.9 Å². The monoisotopic (exact) mass is 452 g/mol. The lowest BCUT2D eigenvalue weighted by atomic mass is 9.77. The van der Waals surface area contributed by atoms with Crippen LogP contribution in [0.2, 0.25) is 0 Å². The van der Waals surface area contributed by atoms with Gasteiger partial charge >= 0.3 is 24.1 Å². The molecule has 0 saturated heterocycles. The van der Waals surface area contributed by atoms with Crippen molar-refractivity contribution in [3.05, 3.63) is 24.8 Å². The van der Waals surface area contributed by atoms with Gasteiger partial charge in [0.1, 0.15) is 0 Å². The largest absolute Gasteiger partial charge is 0.468 e. The number of esters is 2. The van der Waals surface area contributed by atoms with E-state index in [1.165, 1.54) is 14.2 Å². The van der Waals surface area contributed by atoms with Gasteiger partial charge in [-0.3, -0.25) is 9.59 Å². The van der Waals surface area contributed by atoms with E-state index in [1.807, 2.05) is 0 Å². The average molecular weight is 453 g/mol. The number of hydrogen-bond donors (Lipinski definition) is 1. The Bertz CT molecular complexity index is 777. The first-order valence-corrected chi connectivity index (χ1v) is 10.5. The number of amides is 2. The van der Waals surface area contributed by atoms with E-state index in [2.05, 4.69) is 12.0 Å². The highest BCUT2D eigenvalue weighted by Crippen LogP contribution is 2.67. The highest BCUT2D eigenvalue weighted by atomic mass is 16.6. The molecule has 2 unspecified atom stereocenters. The molecule has 178 valence electrons. The first-order chi connectivity index (χ1) is 15.0. The molecule has 32 heavy (non-hydrogen) atoms. The summed E-state index contributed by atoms with van der Waals surface area (Å²) in [5.41, 5.74) is 1.68. The zero-order chi connectivity index (χ0) is 24.2. The first kappa shape index (κ1) is 25.2. The fraction of sp³-hybridized carbons (Fsp3) is 0.636. The number of nitrogens with zero attached hydrogens (tertiary/aromatic N) is 1. The van der Waals surface area contributed by atoms with Gasteiger partial charge in [-0.25, -0.2) is 20.0 Å².